The monoisotopic (exact) mass is 544 g/mol. The summed E-state index contributed by atoms with van der Waals surface area (Å²) in [5, 5.41) is 3.50. The van der Waals surface area contributed by atoms with Crippen LogP contribution in [0.2, 0.25) is 0 Å². The Kier molecular flexibility index (Phi) is 7.01. The topological polar surface area (TPSA) is 86.4 Å². The van der Waals surface area contributed by atoms with Crippen molar-refractivity contribution in [1.82, 2.24) is 15.0 Å². The first-order valence-electron chi connectivity index (χ1n) is 12.5. The molecule has 2 N–H and O–H groups in total. The summed E-state index contributed by atoms with van der Waals surface area (Å²) in [7, 11) is 3.87. The summed E-state index contributed by atoms with van der Waals surface area (Å²) < 4.78 is 5.49. The van der Waals surface area contributed by atoms with Gasteiger partial charge in [-0.1, -0.05) is 35.7 Å². The third kappa shape index (κ3) is 5.24. The number of morpholine rings is 1. The number of nitrogens with one attached hydrogen (secondary N) is 2. The highest BCUT2D eigenvalue weighted by atomic mass is 32.2. The molecule has 0 saturated carbocycles. The molecule has 0 atom stereocenters. The molecule has 1 saturated heterocycles. The van der Waals surface area contributed by atoms with E-state index in [1.165, 1.54) is 14.7 Å². The molecule has 6 rings (SSSR count). The number of pyridine rings is 1. The second-order valence-electron chi connectivity index (χ2n) is 9.31. The van der Waals surface area contributed by atoms with Crippen LogP contribution in [0.1, 0.15) is 5.69 Å². The summed E-state index contributed by atoms with van der Waals surface area (Å²) in [6, 6.07) is 18.5. The molecule has 8 nitrogen and oxygen atoms in total. The molecule has 2 aliphatic heterocycles. The van der Waals surface area contributed by atoms with Crippen LogP contribution in [0.5, 0.6) is 0 Å². The van der Waals surface area contributed by atoms with Crippen LogP contribution in [0.25, 0.3) is 11.3 Å². The van der Waals surface area contributed by atoms with Gasteiger partial charge in [-0.15, -0.1) is 0 Å². The van der Waals surface area contributed by atoms with Crippen molar-refractivity contribution in [2.75, 3.05) is 55.5 Å². The van der Waals surface area contributed by atoms with Crippen molar-refractivity contribution in [2.24, 2.45) is 0 Å². The van der Waals surface area contributed by atoms with Crippen molar-refractivity contribution < 1.29 is 4.74 Å². The lowest BCUT2D eigenvalue weighted by Crippen LogP contribution is -2.36. The highest BCUT2D eigenvalue weighted by Gasteiger charge is 2.22. The molecule has 2 aromatic heterocycles. The van der Waals surface area contributed by atoms with Crippen LogP contribution in [0.3, 0.4) is 0 Å². The van der Waals surface area contributed by atoms with Gasteiger partial charge in [0.2, 0.25) is 11.5 Å². The lowest BCUT2D eigenvalue weighted by atomic mass is 10.1. The Morgan fingerprint density at radius 1 is 1.03 bits per heavy atom. The number of aromatic nitrogens is 3. The molecule has 2 aliphatic rings. The van der Waals surface area contributed by atoms with Crippen LogP contribution in [0.15, 0.2) is 85.2 Å². The van der Waals surface area contributed by atoms with E-state index >= 15 is 0 Å². The lowest BCUT2D eigenvalue weighted by Gasteiger charge is -2.29. The van der Waals surface area contributed by atoms with Gasteiger partial charge in [0.25, 0.3) is 0 Å². The number of H-pyrrole nitrogens is 1. The normalized spacial score (nSPS) is 14.5. The van der Waals surface area contributed by atoms with Gasteiger partial charge in [0, 0.05) is 76.0 Å². The van der Waals surface area contributed by atoms with Crippen LogP contribution in [0.4, 0.5) is 17.3 Å². The van der Waals surface area contributed by atoms with E-state index in [0.717, 1.165) is 46.3 Å². The number of hydrogen-bond acceptors (Lipinski definition) is 9. The molecule has 1 fully saturated rings. The molecule has 0 radical (unpaired) electrons. The molecule has 0 amide bonds. The minimum Gasteiger partial charge on any atom is -0.379 e. The molecule has 4 aromatic rings. The Hall–Kier alpha value is -3.47. The van der Waals surface area contributed by atoms with Crippen LogP contribution in [-0.4, -0.2) is 55.4 Å². The van der Waals surface area contributed by atoms with Crippen molar-refractivity contribution >= 4 is 40.8 Å². The minimum atomic E-state index is -0.0902. The number of rotatable bonds is 6. The van der Waals surface area contributed by atoms with E-state index in [2.05, 4.69) is 67.6 Å². The molecule has 194 valence electrons. The molecular formula is C28H28N6O2S2. The first-order valence-corrected chi connectivity index (χ1v) is 14.1. The standard InChI is InChI=1S/C28H28N6O2S2/c1-33(2)28-29-9-8-19(31-28)17-30-18-6-7-23-25(14-18)37-24-5-3-4-21(27(24)38-23)22-15-20(16-26(35)32-22)34-10-12-36-13-11-34/h3-9,14-16,30H,10-13,17H2,1-2H3,(H,32,35). The number of ether oxygens (including phenoxy) is 1. The summed E-state index contributed by atoms with van der Waals surface area (Å²) in [4.78, 5) is 33.4. The quantitative estimate of drug-likeness (QED) is 0.308. The van der Waals surface area contributed by atoms with Gasteiger partial charge in [0.15, 0.2) is 0 Å². The van der Waals surface area contributed by atoms with Crippen LogP contribution in [0, 0.1) is 0 Å². The molecule has 4 heterocycles. The number of fused-ring (bicyclic) bond motifs is 2. The molecule has 0 aliphatic carbocycles. The minimum absolute atomic E-state index is 0.0902. The van der Waals surface area contributed by atoms with E-state index in [0.29, 0.717) is 25.7 Å². The zero-order valence-corrected chi connectivity index (χ0v) is 22.9. The SMILES string of the molecule is CN(C)c1nccc(CNc2ccc3c(c2)Sc2cccc(-c4cc(N5CCOCC5)cc(=O)[nH]4)c2S3)n1. The van der Waals surface area contributed by atoms with Crippen molar-refractivity contribution in [1.29, 1.82) is 0 Å². The van der Waals surface area contributed by atoms with Crippen molar-refractivity contribution in [3.63, 3.8) is 0 Å². The number of benzene rings is 2. The maximum Gasteiger partial charge on any atom is 0.250 e. The fourth-order valence-electron chi connectivity index (χ4n) is 4.49. The van der Waals surface area contributed by atoms with Gasteiger partial charge < -0.3 is 24.8 Å². The second-order valence-corrected chi connectivity index (χ2v) is 11.4. The Labute approximate surface area is 229 Å². The van der Waals surface area contributed by atoms with Crippen LogP contribution in [-0.2, 0) is 11.3 Å². The zero-order chi connectivity index (χ0) is 26.1. The third-order valence-corrected chi connectivity index (χ3v) is 9.02. The average molecular weight is 545 g/mol. The maximum absolute atomic E-state index is 12.6. The first-order chi connectivity index (χ1) is 18.5. The molecule has 0 spiro atoms. The van der Waals surface area contributed by atoms with Gasteiger partial charge in [-0.3, -0.25) is 4.79 Å². The summed E-state index contributed by atoms with van der Waals surface area (Å²) in [5.41, 5.74) is 4.71. The number of anilines is 3. The highest BCUT2D eigenvalue weighted by Crippen LogP contribution is 2.52. The molecule has 0 bridgehead atoms. The van der Waals surface area contributed by atoms with Crippen molar-refractivity contribution in [3.8, 4) is 11.3 Å². The van der Waals surface area contributed by atoms with Crippen LogP contribution < -0.4 is 20.7 Å². The lowest BCUT2D eigenvalue weighted by molar-refractivity contribution is 0.122. The summed E-state index contributed by atoms with van der Waals surface area (Å²) in [6.07, 6.45) is 1.79. The van der Waals surface area contributed by atoms with Gasteiger partial charge in [-0.05, 0) is 36.4 Å². The molecule has 2 aromatic carbocycles. The average Bonchev–Trinajstić information content (AvgIpc) is 2.95. The van der Waals surface area contributed by atoms with Gasteiger partial charge in [0.05, 0.1) is 31.1 Å². The Bertz CT molecular complexity index is 1530. The molecule has 10 heteroatoms. The number of aromatic amines is 1. The summed E-state index contributed by atoms with van der Waals surface area (Å²) >= 11 is 3.51. The highest BCUT2D eigenvalue weighted by molar-refractivity contribution is 8.05. The fraction of sp³-hybridized carbons (Fsp3) is 0.250. The fourth-order valence-corrected chi connectivity index (χ4v) is 6.91. The van der Waals surface area contributed by atoms with Gasteiger partial charge in [-0.2, -0.15) is 0 Å². The van der Waals surface area contributed by atoms with E-state index in [9.17, 15) is 4.79 Å². The maximum atomic E-state index is 12.6. The van der Waals surface area contributed by atoms with Gasteiger partial charge in [-0.25, -0.2) is 9.97 Å². The van der Waals surface area contributed by atoms with E-state index in [4.69, 9.17) is 4.74 Å². The number of hydrogen-bond donors (Lipinski definition) is 2. The molecular weight excluding hydrogens is 516 g/mol. The van der Waals surface area contributed by atoms with Gasteiger partial charge in [0.1, 0.15) is 0 Å². The van der Waals surface area contributed by atoms with E-state index in [1.54, 1.807) is 35.8 Å². The second kappa shape index (κ2) is 10.7. The number of nitrogens with zero attached hydrogens (tertiary/aromatic N) is 4. The largest absolute Gasteiger partial charge is 0.379 e. The van der Waals surface area contributed by atoms with E-state index < -0.39 is 0 Å². The van der Waals surface area contributed by atoms with E-state index in [-0.39, 0.29) is 5.56 Å². The Morgan fingerprint density at radius 3 is 2.74 bits per heavy atom. The molecule has 38 heavy (non-hydrogen) atoms. The zero-order valence-electron chi connectivity index (χ0n) is 21.2. The van der Waals surface area contributed by atoms with Gasteiger partial charge >= 0.3 is 0 Å². The smallest absolute Gasteiger partial charge is 0.250 e. The summed E-state index contributed by atoms with van der Waals surface area (Å²) in [5.74, 6) is 0.700. The summed E-state index contributed by atoms with van der Waals surface area (Å²) in [6.45, 7) is 3.56. The Morgan fingerprint density at radius 2 is 1.89 bits per heavy atom. The van der Waals surface area contributed by atoms with Crippen molar-refractivity contribution in [2.45, 2.75) is 26.1 Å². The first kappa shape index (κ1) is 24.8. The van der Waals surface area contributed by atoms with Crippen molar-refractivity contribution in [3.05, 3.63) is 76.8 Å². The van der Waals surface area contributed by atoms with Crippen LogP contribution >= 0.6 is 23.5 Å². The van der Waals surface area contributed by atoms with E-state index in [1.807, 2.05) is 25.1 Å². The third-order valence-electron chi connectivity index (χ3n) is 6.42. The molecule has 0 unspecified atom stereocenters. The predicted molar refractivity (Wildman–Crippen MR) is 154 cm³/mol. The predicted octanol–water partition coefficient (Wildman–Crippen LogP) is 4.96. The Balaban J connectivity index is 1.24.